The van der Waals surface area contributed by atoms with Crippen LogP contribution in [0.5, 0.6) is 0 Å². The predicted octanol–water partition coefficient (Wildman–Crippen LogP) is 0.593. The number of oxazole rings is 1. The van der Waals surface area contributed by atoms with Crippen LogP contribution in [-0.4, -0.2) is 47.4 Å². The summed E-state index contributed by atoms with van der Waals surface area (Å²) in [5, 5.41) is 11.8. The van der Waals surface area contributed by atoms with Crippen LogP contribution in [0.15, 0.2) is 70.4 Å². The van der Waals surface area contributed by atoms with E-state index in [-0.39, 0.29) is 17.9 Å². The normalized spacial score (nSPS) is 11.7. The molecule has 2 aromatic carbocycles. The number of hydrogen-bond donors (Lipinski definition) is 4. The summed E-state index contributed by atoms with van der Waals surface area (Å²) in [6.45, 7) is 0.132. The van der Waals surface area contributed by atoms with Crippen LogP contribution in [0.1, 0.15) is 38.1 Å². The fourth-order valence-corrected chi connectivity index (χ4v) is 3.86. The summed E-state index contributed by atoms with van der Waals surface area (Å²) >= 11 is 0. The fourth-order valence-electron chi connectivity index (χ4n) is 3.86. The van der Waals surface area contributed by atoms with Crippen molar-refractivity contribution in [2.45, 2.75) is 12.6 Å². The van der Waals surface area contributed by atoms with Crippen LogP contribution in [-0.2, 0) is 18.4 Å². The van der Waals surface area contributed by atoms with Crippen LogP contribution in [0.2, 0.25) is 0 Å². The minimum Gasteiger partial charge on any atom is -0.408 e. The zero-order valence-electron chi connectivity index (χ0n) is 20.4. The number of nitrogens with one attached hydrogen (secondary N) is 3. The first-order chi connectivity index (χ1) is 18.8. The zero-order valence-corrected chi connectivity index (χ0v) is 20.4. The number of hydrogen-bond acceptors (Lipinski definition) is 9. The molecule has 0 saturated heterocycles. The van der Waals surface area contributed by atoms with Crippen molar-refractivity contribution < 1.29 is 18.8 Å². The van der Waals surface area contributed by atoms with Crippen molar-refractivity contribution in [2.75, 3.05) is 0 Å². The quantitative estimate of drug-likeness (QED) is 0.223. The highest BCUT2D eigenvalue weighted by molar-refractivity contribution is 5.99. The first-order valence-corrected chi connectivity index (χ1v) is 11.5. The van der Waals surface area contributed by atoms with Gasteiger partial charge in [-0.2, -0.15) is 5.10 Å². The standard InChI is InChI=1S/C25H21N9O5/c1-34-18-8-13(2-7-19(18)39-25(34)38)10-27-23(36)16-9-17(29-11-28-16)24(37)32-20(21(26)35)14-3-5-15(6-4-14)22-30-12-31-33-22/h2-9,11-12,20H,10H2,1H3,(H2,26,35)(H,27,36)(H,32,37)(H,30,31,33)/t20-/m1/s1. The van der Waals surface area contributed by atoms with Crippen LogP contribution in [0.4, 0.5) is 0 Å². The van der Waals surface area contributed by atoms with Gasteiger partial charge in [-0.25, -0.2) is 19.7 Å². The van der Waals surface area contributed by atoms with Gasteiger partial charge in [-0.1, -0.05) is 30.3 Å². The lowest BCUT2D eigenvalue weighted by Gasteiger charge is -2.16. The van der Waals surface area contributed by atoms with Gasteiger partial charge < -0.3 is 20.8 Å². The largest absolute Gasteiger partial charge is 0.419 e. The molecule has 5 aromatic rings. The maximum atomic E-state index is 12.9. The molecule has 196 valence electrons. The molecular weight excluding hydrogens is 506 g/mol. The summed E-state index contributed by atoms with van der Waals surface area (Å²) in [7, 11) is 1.58. The van der Waals surface area contributed by atoms with Crippen LogP contribution in [0.25, 0.3) is 22.5 Å². The van der Waals surface area contributed by atoms with Gasteiger partial charge in [0.25, 0.3) is 11.8 Å². The molecule has 3 aromatic heterocycles. The number of carbonyl (C=O) groups excluding carboxylic acids is 3. The Balaban J connectivity index is 1.26. The average molecular weight is 528 g/mol. The summed E-state index contributed by atoms with van der Waals surface area (Å²) in [6.07, 6.45) is 2.44. The molecule has 1 atom stereocenters. The highest BCUT2D eigenvalue weighted by atomic mass is 16.4. The highest BCUT2D eigenvalue weighted by Gasteiger charge is 2.23. The molecule has 0 bridgehead atoms. The van der Waals surface area contributed by atoms with Crippen LogP contribution < -0.4 is 22.1 Å². The first kappa shape index (κ1) is 25.0. The second-order valence-electron chi connectivity index (χ2n) is 8.47. The van der Waals surface area contributed by atoms with Crippen LogP contribution in [0, 0.1) is 0 Å². The molecule has 0 saturated carbocycles. The van der Waals surface area contributed by atoms with E-state index >= 15 is 0 Å². The SMILES string of the molecule is Cn1c(=O)oc2ccc(CNC(=O)c3cc(C(=O)N[C@@H](C(N)=O)c4ccc(-c5ncn[nH]5)cc4)ncn3)cc21. The zero-order chi connectivity index (χ0) is 27.5. The Labute approximate surface area is 219 Å². The average Bonchev–Trinajstić information content (AvgIpc) is 3.58. The molecule has 0 fully saturated rings. The van der Waals surface area contributed by atoms with Crippen molar-refractivity contribution in [3.63, 3.8) is 0 Å². The number of carbonyl (C=O) groups is 3. The molecule has 5 rings (SSSR count). The number of amides is 3. The van der Waals surface area contributed by atoms with E-state index in [1.54, 1.807) is 49.5 Å². The van der Waals surface area contributed by atoms with E-state index in [4.69, 9.17) is 10.2 Å². The van der Waals surface area contributed by atoms with Gasteiger partial charge >= 0.3 is 5.76 Å². The fraction of sp³-hybridized carbons (Fsp3) is 0.120. The molecular formula is C25H21N9O5. The first-order valence-electron chi connectivity index (χ1n) is 11.5. The van der Waals surface area contributed by atoms with E-state index < -0.39 is 29.5 Å². The molecule has 3 amide bonds. The Kier molecular flexibility index (Phi) is 6.65. The maximum absolute atomic E-state index is 12.9. The van der Waals surface area contributed by atoms with Crippen molar-refractivity contribution in [1.82, 2.24) is 40.3 Å². The van der Waals surface area contributed by atoms with E-state index in [0.29, 0.717) is 22.5 Å². The maximum Gasteiger partial charge on any atom is 0.419 e. The van der Waals surface area contributed by atoms with E-state index in [2.05, 4.69) is 35.8 Å². The summed E-state index contributed by atoms with van der Waals surface area (Å²) in [4.78, 5) is 61.4. The number of aromatic nitrogens is 6. The van der Waals surface area contributed by atoms with Crippen molar-refractivity contribution in [3.05, 3.63) is 94.3 Å². The summed E-state index contributed by atoms with van der Waals surface area (Å²) in [5.41, 5.74) is 8.27. The second kappa shape index (κ2) is 10.4. The van der Waals surface area contributed by atoms with Crippen LogP contribution >= 0.6 is 0 Å². The number of H-pyrrole nitrogens is 1. The van der Waals surface area contributed by atoms with E-state index in [1.165, 1.54) is 17.0 Å². The summed E-state index contributed by atoms with van der Waals surface area (Å²) in [5.74, 6) is -2.00. The Bertz CT molecular complexity index is 1740. The Morgan fingerprint density at radius 2 is 1.74 bits per heavy atom. The van der Waals surface area contributed by atoms with Gasteiger partial charge in [0.05, 0.1) is 5.52 Å². The Hall–Kier alpha value is -5.66. The number of fused-ring (bicyclic) bond motifs is 1. The number of primary amides is 1. The molecule has 5 N–H and O–H groups in total. The third kappa shape index (κ3) is 5.24. The monoisotopic (exact) mass is 527 g/mol. The van der Waals surface area contributed by atoms with Gasteiger partial charge in [0.15, 0.2) is 11.4 Å². The van der Waals surface area contributed by atoms with Gasteiger partial charge in [-0.05, 0) is 23.3 Å². The third-order valence-corrected chi connectivity index (χ3v) is 5.93. The molecule has 39 heavy (non-hydrogen) atoms. The third-order valence-electron chi connectivity index (χ3n) is 5.93. The summed E-state index contributed by atoms with van der Waals surface area (Å²) < 4.78 is 6.47. The Morgan fingerprint density at radius 3 is 2.44 bits per heavy atom. The minimum absolute atomic E-state index is 0.0565. The van der Waals surface area contributed by atoms with Gasteiger partial charge in [0, 0.05) is 25.2 Å². The molecule has 14 heteroatoms. The smallest absolute Gasteiger partial charge is 0.408 e. The number of nitrogens with two attached hydrogens (primary N) is 1. The Morgan fingerprint density at radius 1 is 1.00 bits per heavy atom. The number of nitrogens with zero attached hydrogens (tertiary/aromatic N) is 5. The number of aryl methyl sites for hydroxylation is 1. The van der Waals surface area contributed by atoms with E-state index in [0.717, 1.165) is 17.5 Å². The number of rotatable bonds is 8. The van der Waals surface area contributed by atoms with Crippen molar-refractivity contribution in [2.24, 2.45) is 12.8 Å². The lowest BCUT2D eigenvalue weighted by Crippen LogP contribution is -2.38. The lowest BCUT2D eigenvalue weighted by molar-refractivity contribution is -0.120. The van der Waals surface area contributed by atoms with E-state index in [1.807, 2.05) is 0 Å². The summed E-state index contributed by atoms with van der Waals surface area (Å²) in [6, 6.07) is 11.8. The molecule has 0 aliphatic heterocycles. The van der Waals surface area contributed by atoms with E-state index in [9.17, 15) is 19.2 Å². The van der Waals surface area contributed by atoms with Crippen molar-refractivity contribution in [3.8, 4) is 11.4 Å². The van der Waals surface area contributed by atoms with Crippen molar-refractivity contribution in [1.29, 1.82) is 0 Å². The number of benzene rings is 2. The topological polar surface area (TPSA) is 204 Å². The molecule has 0 aliphatic carbocycles. The van der Waals surface area contributed by atoms with Gasteiger partial charge in [0.1, 0.15) is 30.1 Å². The predicted molar refractivity (Wildman–Crippen MR) is 136 cm³/mol. The lowest BCUT2D eigenvalue weighted by atomic mass is 10.0. The van der Waals surface area contributed by atoms with Gasteiger partial charge in [-0.3, -0.25) is 24.0 Å². The second-order valence-corrected chi connectivity index (χ2v) is 8.47. The van der Waals surface area contributed by atoms with Gasteiger partial charge in [-0.15, -0.1) is 0 Å². The molecule has 0 spiro atoms. The number of aromatic amines is 1. The van der Waals surface area contributed by atoms with Crippen LogP contribution in [0.3, 0.4) is 0 Å². The molecule has 0 unspecified atom stereocenters. The molecule has 14 nitrogen and oxygen atoms in total. The van der Waals surface area contributed by atoms with Gasteiger partial charge in [0.2, 0.25) is 5.91 Å². The molecule has 3 heterocycles. The highest BCUT2D eigenvalue weighted by Crippen LogP contribution is 2.19. The molecule has 0 aliphatic rings. The minimum atomic E-state index is -1.15. The molecule has 0 radical (unpaired) electrons. The van der Waals surface area contributed by atoms with Crippen molar-refractivity contribution >= 4 is 28.8 Å².